The van der Waals surface area contributed by atoms with Crippen LogP contribution in [0.25, 0.3) is 0 Å². The number of carboxylic acid groups (broad SMARTS) is 1. The number of nitrogens with one attached hydrogen (secondary N) is 1. The second kappa shape index (κ2) is 11.4. The fourth-order valence-corrected chi connectivity index (χ4v) is 3.60. The summed E-state index contributed by atoms with van der Waals surface area (Å²) in [6.45, 7) is 5.23. The number of aryl methyl sites for hydroxylation is 1. The second-order valence-corrected chi connectivity index (χ2v) is 7.74. The highest BCUT2D eigenvalue weighted by atomic mass is 16.4. The SMILES string of the molecule is Cc1ccc(CN[C@@H](C)c2ccccc2)cc1.NC(=O)[C@H]1CCCC[C@H]1C(=O)O. The van der Waals surface area contributed by atoms with E-state index in [0.29, 0.717) is 18.9 Å². The molecule has 0 spiro atoms. The number of aliphatic carboxylic acids is 1. The zero-order chi connectivity index (χ0) is 21.2. The van der Waals surface area contributed by atoms with E-state index < -0.39 is 23.7 Å². The van der Waals surface area contributed by atoms with Gasteiger partial charge in [-0.3, -0.25) is 9.59 Å². The topological polar surface area (TPSA) is 92.4 Å². The first kappa shape index (κ1) is 22.6. The largest absolute Gasteiger partial charge is 0.481 e. The van der Waals surface area contributed by atoms with E-state index in [1.54, 1.807) is 0 Å². The number of primary amides is 1. The van der Waals surface area contributed by atoms with Gasteiger partial charge in [-0.1, -0.05) is 73.0 Å². The third-order valence-corrected chi connectivity index (χ3v) is 5.48. The Labute approximate surface area is 173 Å². The lowest BCUT2D eigenvalue weighted by Crippen LogP contribution is -2.36. The smallest absolute Gasteiger partial charge is 0.307 e. The summed E-state index contributed by atoms with van der Waals surface area (Å²) in [7, 11) is 0. The zero-order valence-electron chi connectivity index (χ0n) is 17.3. The van der Waals surface area contributed by atoms with E-state index >= 15 is 0 Å². The van der Waals surface area contributed by atoms with Gasteiger partial charge in [-0.2, -0.15) is 0 Å². The van der Waals surface area contributed by atoms with Gasteiger partial charge in [0.1, 0.15) is 0 Å². The summed E-state index contributed by atoms with van der Waals surface area (Å²) in [6.07, 6.45) is 3.02. The fraction of sp³-hybridized carbons (Fsp3) is 0.417. The highest BCUT2D eigenvalue weighted by molar-refractivity contribution is 5.83. The third-order valence-electron chi connectivity index (χ3n) is 5.48. The summed E-state index contributed by atoms with van der Waals surface area (Å²) in [4.78, 5) is 21.5. The number of rotatable bonds is 6. The van der Waals surface area contributed by atoms with Gasteiger partial charge in [-0.05, 0) is 37.8 Å². The Kier molecular flexibility index (Phi) is 8.87. The number of nitrogens with two attached hydrogens (primary N) is 1. The second-order valence-electron chi connectivity index (χ2n) is 7.74. The molecule has 1 aliphatic carbocycles. The first-order chi connectivity index (χ1) is 13.9. The molecular formula is C24H32N2O3. The molecule has 4 N–H and O–H groups in total. The number of benzene rings is 2. The summed E-state index contributed by atoms with van der Waals surface area (Å²) in [5, 5.41) is 12.3. The van der Waals surface area contributed by atoms with E-state index in [-0.39, 0.29) is 0 Å². The van der Waals surface area contributed by atoms with Gasteiger partial charge in [-0.25, -0.2) is 0 Å². The molecule has 29 heavy (non-hydrogen) atoms. The number of carboxylic acids is 1. The molecule has 3 atom stereocenters. The van der Waals surface area contributed by atoms with Crippen LogP contribution in [0.3, 0.4) is 0 Å². The van der Waals surface area contributed by atoms with Crippen LogP contribution in [0.4, 0.5) is 0 Å². The molecule has 0 unspecified atom stereocenters. The van der Waals surface area contributed by atoms with Crippen LogP contribution >= 0.6 is 0 Å². The fourth-order valence-electron chi connectivity index (χ4n) is 3.60. The maximum atomic E-state index is 10.8. The Morgan fingerprint density at radius 1 is 1.03 bits per heavy atom. The van der Waals surface area contributed by atoms with Crippen LogP contribution in [0.15, 0.2) is 54.6 Å². The molecule has 5 nitrogen and oxygen atoms in total. The first-order valence-corrected chi connectivity index (χ1v) is 10.2. The molecule has 0 heterocycles. The number of carbonyl (C=O) groups is 2. The summed E-state index contributed by atoms with van der Waals surface area (Å²) >= 11 is 0. The number of carbonyl (C=O) groups excluding carboxylic acids is 1. The molecule has 1 fully saturated rings. The monoisotopic (exact) mass is 396 g/mol. The lowest BCUT2D eigenvalue weighted by Gasteiger charge is -2.25. The van der Waals surface area contributed by atoms with Crippen molar-refractivity contribution in [1.82, 2.24) is 5.32 Å². The van der Waals surface area contributed by atoms with Crippen LogP contribution in [-0.2, 0) is 16.1 Å². The summed E-state index contributed by atoms with van der Waals surface area (Å²) in [5.74, 6) is -2.35. The molecule has 1 aliphatic rings. The molecule has 156 valence electrons. The van der Waals surface area contributed by atoms with E-state index in [2.05, 4.69) is 73.8 Å². The van der Waals surface area contributed by atoms with Crippen LogP contribution in [0.1, 0.15) is 55.3 Å². The molecule has 0 bridgehead atoms. The Morgan fingerprint density at radius 3 is 2.14 bits per heavy atom. The zero-order valence-corrected chi connectivity index (χ0v) is 17.3. The summed E-state index contributed by atoms with van der Waals surface area (Å²) < 4.78 is 0. The predicted octanol–water partition coefficient (Wildman–Crippen LogP) is 4.21. The van der Waals surface area contributed by atoms with Gasteiger partial charge in [0.25, 0.3) is 0 Å². The summed E-state index contributed by atoms with van der Waals surface area (Å²) in [5.41, 5.74) is 9.07. The molecular weight excluding hydrogens is 364 g/mol. The standard InChI is InChI=1S/C16H19N.C8H13NO3/c1-13-8-10-15(11-9-13)12-17-14(2)16-6-4-3-5-7-16;9-7(10)5-3-1-2-4-6(5)8(11)12/h3-11,14,17H,12H2,1-2H3;5-6H,1-4H2,(H2,9,10)(H,11,12)/t14-;5-,6+/m00/s1. The minimum Gasteiger partial charge on any atom is -0.481 e. The van der Waals surface area contributed by atoms with Crippen molar-refractivity contribution >= 4 is 11.9 Å². The molecule has 0 radical (unpaired) electrons. The third kappa shape index (κ3) is 7.35. The van der Waals surface area contributed by atoms with Crippen molar-refractivity contribution in [2.75, 3.05) is 0 Å². The molecule has 2 aromatic rings. The van der Waals surface area contributed by atoms with Crippen molar-refractivity contribution in [2.24, 2.45) is 17.6 Å². The van der Waals surface area contributed by atoms with Crippen molar-refractivity contribution in [3.63, 3.8) is 0 Å². The highest BCUT2D eigenvalue weighted by Gasteiger charge is 2.34. The Morgan fingerprint density at radius 2 is 1.62 bits per heavy atom. The average Bonchev–Trinajstić information content (AvgIpc) is 2.74. The lowest BCUT2D eigenvalue weighted by atomic mass is 9.79. The van der Waals surface area contributed by atoms with Gasteiger partial charge in [0, 0.05) is 12.6 Å². The average molecular weight is 397 g/mol. The van der Waals surface area contributed by atoms with Crippen LogP contribution in [-0.4, -0.2) is 17.0 Å². The maximum absolute atomic E-state index is 10.8. The van der Waals surface area contributed by atoms with Crippen LogP contribution in [0, 0.1) is 18.8 Å². The van der Waals surface area contributed by atoms with E-state index in [1.807, 2.05) is 0 Å². The minimum absolute atomic E-state index is 0.387. The van der Waals surface area contributed by atoms with E-state index in [0.717, 1.165) is 19.4 Å². The molecule has 0 aliphatic heterocycles. The summed E-state index contributed by atoms with van der Waals surface area (Å²) in [6, 6.07) is 19.6. The van der Waals surface area contributed by atoms with Crippen molar-refractivity contribution in [3.05, 3.63) is 71.3 Å². The molecule has 3 rings (SSSR count). The number of hydrogen-bond acceptors (Lipinski definition) is 3. The van der Waals surface area contributed by atoms with Gasteiger partial charge in [0.05, 0.1) is 11.8 Å². The molecule has 0 saturated heterocycles. The Balaban J connectivity index is 0.000000221. The molecule has 1 saturated carbocycles. The normalized spacial score (nSPS) is 19.5. The van der Waals surface area contributed by atoms with E-state index in [4.69, 9.17) is 10.8 Å². The number of amides is 1. The van der Waals surface area contributed by atoms with Gasteiger partial charge < -0.3 is 16.2 Å². The van der Waals surface area contributed by atoms with Gasteiger partial charge >= 0.3 is 5.97 Å². The quantitative estimate of drug-likeness (QED) is 0.682. The predicted molar refractivity (Wildman–Crippen MR) is 115 cm³/mol. The Hall–Kier alpha value is -2.66. The van der Waals surface area contributed by atoms with Crippen molar-refractivity contribution in [3.8, 4) is 0 Å². The van der Waals surface area contributed by atoms with E-state index in [1.165, 1.54) is 16.7 Å². The molecule has 2 aromatic carbocycles. The molecule has 1 amide bonds. The first-order valence-electron chi connectivity index (χ1n) is 10.2. The molecule has 0 aromatic heterocycles. The van der Waals surface area contributed by atoms with Gasteiger partial charge in [0.2, 0.25) is 5.91 Å². The minimum atomic E-state index is -0.890. The maximum Gasteiger partial charge on any atom is 0.307 e. The molecule has 5 heteroatoms. The van der Waals surface area contributed by atoms with Crippen LogP contribution in [0.5, 0.6) is 0 Å². The van der Waals surface area contributed by atoms with Crippen molar-refractivity contribution < 1.29 is 14.7 Å². The van der Waals surface area contributed by atoms with Crippen molar-refractivity contribution in [2.45, 2.75) is 52.1 Å². The highest BCUT2D eigenvalue weighted by Crippen LogP contribution is 2.29. The van der Waals surface area contributed by atoms with Crippen LogP contribution < -0.4 is 11.1 Å². The van der Waals surface area contributed by atoms with Crippen LogP contribution in [0.2, 0.25) is 0 Å². The Bertz CT molecular complexity index is 752. The van der Waals surface area contributed by atoms with E-state index in [9.17, 15) is 9.59 Å². The van der Waals surface area contributed by atoms with Gasteiger partial charge in [0.15, 0.2) is 0 Å². The lowest BCUT2D eigenvalue weighted by molar-refractivity contribution is -0.148. The number of hydrogen-bond donors (Lipinski definition) is 3. The van der Waals surface area contributed by atoms with Gasteiger partial charge in [-0.15, -0.1) is 0 Å². The van der Waals surface area contributed by atoms with Crippen molar-refractivity contribution in [1.29, 1.82) is 0 Å².